The molecule has 0 aromatic carbocycles. The summed E-state index contributed by atoms with van der Waals surface area (Å²) in [6, 6.07) is 0.546. The smallest absolute Gasteiger partial charge is 0.183 e. The summed E-state index contributed by atoms with van der Waals surface area (Å²) in [7, 11) is 0. The Labute approximate surface area is 146 Å². The van der Waals surface area contributed by atoms with Crippen molar-refractivity contribution in [1.82, 2.24) is 9.97 Å². The van der Waals surface area contributed by atoms with Crippen molar-refractivity contribution in [3.8, 4) is 11.4 Å². The molecule has 4 nitrogen and oxygen atoms in total. The van der Waals surface area contributed by atoms with Gasteiger partial charge in [-0.1, -0.05) is 0 Å². The third-order valence-corrected chi connectivity index (χ3v) is 5.82. The summed E-state index contributed by atoms with van der Waals surface area (Å²) in [5.41, 5.74) is 7.78. The highest BCUT2D eigenvalue weighted by molar-refractivity contribution is 7.14. The molecule has 1 aliphatic rings. The SMILES string of the molecule is Cc1nc(-c2csc(NC3CCC(CN)CC3)n2)c(C)s1.Cl. The number of aromatic nitrogens is 2. The molecule has 0 unspecified atom stereocenters. The first-order chi connectivity index (χ1) is 10.2. The zero-order valence-electron chi connectivity index (χ0n) is 13.0. The predicted octanol–water partition coefficient (Wildman–Crippen LogP) is 4.23. The summed E-state index contributed by atoms with van der Waals surface area (Å²) in [5.74, 6) is 0.718. The number of halogens is 1. The Balaban J connectivity index is 0.00000176. The normalized spacial score (nSPS) is 21.4. The van der Waals surface area contributed by atoms with E-state index < -0.39 is 0 Å². The number of aryl methyl sites for hydroxylation is 2. The summed E-state index contributed by atoms with van der Waals surface area (Å²) in [4.78, 5) is 10.5. The molecule has 0 amide bonds. The number of anilines is 1. The standard InChI is InChI=1S/C15H22N4S2.ClH/c1-9-14(17-10(2)21-9)13-8-20-15(19-13)18-12-5-3-11(7-16)4-6-12;/h8,11-12H,3-7,16H2,1-2H3,(H,18,19);1H. The maximum atomic E-state index is 5.75. The van der Waals surface area contributed by atoms with Gasteiger partial charge < -0.3 is 11.1 Å². The lowest BCUT2D eigenvalue weighted by molar-refractivity contribution is 0.345. The molecule has 1 saturated carbocycles. The average Bonchev–Trinajstić information content (AvgIpc) is 3.06. The molecule has 0 atom stereocenters. The lowest BCUT2D eigenvalue weighted by Crippen LogP contribution is -2.29. The Kier molecular flexibility index (Phi) is 6.20. The summed E-state index contributed by atoms with van der Waals surface area (Å²) in [6.07, 6.45) is 4.87. The molecule has 3 rings (SSSR count). The number of thiazole rings is 2. The first-order valence-corrected chi connectivity index (χ1v) is 9.22. The van der Waals surface area contributed by atoms with Crippen LogP contribution in [0.4, 0.5) is 5.13 Å². The molecule has 0 radical (unpaired) electrons. The van der Waals surface area contributed by atoms with Crippen LogP contribution in [0.5, 0.6) is 0 Å². The molecule has 0 spiro atoms. The van der Waals surface area contributed by atoms with Crippen molar-refractivity contribution < 1.29 is 0 Å². The summed E-state index contributed by atoms with van der Waals surface area (Å²) >= 11 is 3.41. The van der Waals surface area contributed by atoms with Crippen molar-refractivity contribution in [3.63, 3.8) is 0 Å². The quantitative estimate of drug-likeness (QED) is 0.858. The fourth-order valence-corrected chi connectivity index (χ4v) is 4.53. The van der Waals surface area contributed by atoms with Crippen molar-refractivity contribution in [3.05, 3.63) is 15.3 Å². The minimum absolute atomic E-state index is 0. The molecule has 122 valence electrons. The van der Waals surface area contributed by atoms with E-state index in [-0.39, 0.29) is 12.4 Å². The van der Waals surface area contributed by atoms with Crippen LogP contribution in [0, 0.1) is 19.8 Å². The second kappa shape index (κ2) is 7.73. The maximum absolute atomic E-state index is 5.75. The molecule has 1 aliphatic carbocycles. The molecular formula is C15H23ClN4S2. The molecule has 22 heavy (non-hydrogen) atoms. The van der Waals surface area contributed by atoms with Gasteiger partial charge in [0, 0.05) is 16.3 Å². The number of nitrogens with one attached hydrogen (secondary N) is 1. The van der Waals surface area contributed by atoms with E-state index in [4.69, 9.17) is 10.7 Å². The molecule has 0 saturated heterocycles. The third kappa shape index (κ3) is 3.98. The Morgan fingerprint density at radius 2 is 1.95 bits per heavy atom. The van der Waals surface area contributed by atoms with Crippen LogP contribution in [0.25, 0.3) is 11.4 Å². The van der Waals surface area contributed by atoms with E-state index in [0.29, 0.717) is 6.04 Å². The van der Waals surface area contributed by atoms with Crippen LogP contribution < -0.4 is 11.1 Å². The van der Waals surface area contributed by atoms with E-state index in [0.717, 1.165) is 34.0 Å². The molecule has 7 heteroatoms. The molecule has 2 aromatic rings. The van der Waals surface area contributed by atoms with Crippen LogP contribution in [0.1, 0.15) is 35.6 Å². The number of rotatable bonds is 4. The molecule has 0 bridgehead atoms. The lowest BCUT2D eigenvalue weighted by atomic mass is 9.86. The van der Waals surface area contributed by atoms with Gasteiger partial charge in [0.25, 0.3) is 0 Å². The van der Waals surface area contributed by atoms with Gasteiger partial charge in [0.05, 0.1) is 5.01 Å². The molecule has 2 aromatic heterocycles. The molecule has 0 aliphatic heterocycles. The van der Waals surface area contributed by atoms with Gasteiger partial charge >= 0.3 is 0 Å². The van der Waals surface area contributed by atoms with Crippen molar-refractivity contribution in [2.75, 3.05) is 11.9 Å². The zero-order valence-corrected chi connectivity index (χ0v) is 15.4. The third-order valence-electron chi connectivity index (χ3n) is 4.16. The van der Waals surface area contributed by atoms with Gasteiger partial charge in [0.1, 0.15) is 11.4 Å². The summed E-state index contributed by atoms with van der Waals surface area (Å²) in [5, 5.41) is 7.81. The second-order valence-corrected chi connectivity index (χ2v) is 8.04. The number of hydrogen-bond donors (Lipinski definition) is 2. The number of nitrogens with zero attached hydrogens (tertiary/aromatic N) is 2. The van der Waals surface area contributed by atoms with Gasteiger partial charge in [-0.2, -0.15) is 0 Å². The highest BCUT2D eigenvalue weighted by Gasteiger charge is 2.21. The van der Waals surface area contributed by atoms with Crippen LogP contribution in [0.2, 0.25) is 0 Å². The van der Waals surface area contributed by atoms with E-state index in [2.05, 4.69) is 22.6 Å². The highest BCUT2D eigenvalue weighted by atomic mass is 35.5. The van der Waals surface area contributed by atoms with Gasteiger partial charge in [-0.15, -0.1) is 35.1 Å². The van der Waals surface area contributed by atoms with Gasteiger partial charge in [0.15, 0.2) is 5.13 Å². The molecule has 1 fully saturated rings. The largest absolute Gasteiger partial charge is 0.359 e. The predicted molar refractivity (Wildman–Crippen MR) is 98.4 cm³/mol. The fourth-order valence-electron chi connectivity index (χ4n) is 2.93. The highest BCUT2D eigenvalue weighted by Crippen LogP contribution is 2.31. The molecule has 3 N–H and O–H groups in total. The zero-order chi connectivity index (χ0) is 14.8. The van der Waals surface area contributed by atoms with Gasteiger partial charge in [0.2, 0.25) is 0 Å². The van der Waals surface area contributed by atoms with E-state index >= 15 is 0 Å². The summed E-state index contributed by atoms with van der Waals surface area (Å²) < 4.78 is 0. The van der Waals surface area contributed by atoms with Crippen LogP contribution >= 0.6 is 35.1 Å². The Hall–Kier alpha value is -0.690. The first-order valence-electron chi connectivity index (χ1n) is 7.52. The van der Waals surface area contributed by atoms with Gasteiger partial charge in [-0.05, 0) is 52.0 Å². The van der Waals surface area contributed by atoms with Crippen molar-refractivity contribution in [2.45, 2.75) is 45.6 Å². The van der Waals surface area contributed by atoms with Gasteiger partial charge in [-0.3, -0.25) is 0 Å². The van der Waals surface area contributed by atoms with Crippen LogP contribution in [-0.2, 0) is 0 Å². The van der Waals surface area contributed by atoms with Crippen molar-refractivity contribution in [1.29, 1.82) is 0 Å². The Bertz CT molecular complexity index is 602. The van der Waals surface area contributed by atoms with Gasteiger partial charge in [-0.25, -0.2) is 9.97 Å². The second-order valence-electron chi connectivity index (χ2n) is 5.77. The topological polar surface area (TPSA) is 63.8 Å². The monoisotopic (exact) mass is 358 g/mol. The van der Waals surface area contributed by atoms with Crippen LogP contribution in [-0.4, -0.2) is 22.6 Å². The first kappa shape index (κ1) is 17.7. The van der Waals surface area contributed by atoms with E-state index in [1.807, 2.05) is 6.92 Å². The Morgan fingerprint density at radius 3 is 2.55 bits per heavy atom. The van der Waals surface area contributed by atoms with Crippen LogP contribution in [0.3, 0.4) is 0 Å². The summed E-state index contributed by atoms with van der Waals surface area (Å²) in [6.45, 7) is 4.99. The maximum Gasteiger partial charge on any atom is 0.183 e. The average molecular weight is 359 g/mol. The van der Waals surface area contributed by atoms with Crippen molar-refractivity contribution in [2.24, 2.45) is 11.7 Å². The van der Waals surface area contributed by atoms with Crippen LogP contribution in [0.15, 0.2) is 5.38 Å². The minimum Gasteiger partial charge on any atom is -0.359 e. The number of hydrogen-bond acceptors (Lipinski definition) is 6. The van der Waals surface area contributed by atoms with E-state index in [9.17, 15) is 0 Å². The lowest BCUT2D eigenvalue weighted by Gasteiger charge is -2.28. The van der Waals surface area contributed by atoms with E-state index in [1.54, 1.807) is 22.7 Å². The molecule has 2 heterocycles. The Morgan fingerprint density at radius 1 is 1.23 bits per heavy atom. The minimum atomic E-state index is 0. The van der Waals surface area contributed by atoms with Crippen molar-refractivity contribution >= 4 is 40.2 Å². The number of nitrogens with two attached hydrogens (primary N) is 1. The fraction of sp³-hybridized carbons (Fsp3) is 0.600. The van der Waals surface area contributed by atoms with E-state index in [1.165, 1.54) is 30.6 Å². The molecular weight excluding hydrogens is 336 g/mol.